The third kappa shape index (κ3) is 1.35. The first-order chi connectivity index (χ1) is 7.34. The maximum Gasteiger partial charge on any atom is 0.141 e. The molecule has 5 nitrogen and oxygen atoms in total. The topological polar surface area (TPSA) is 83.4 Å². The molecule has 5 heteroatoms. The van der Waals surface area contributed by atoms with Gasteiger partial charge in [-0.15, -0.1) is 0 Å². The average molecular weight is 203 g/mol. The molecule has 0 amide bonds. The van der Waals surface area contributed by atoms with E-state index in [1.54, 1.807) is 6.20 Å². The van der Waals surface area contributed by atoms with Crippen LogP contribution in [-0.4, -0.2) is 20.2 Å². The maximum atomic E-state index is 6.01. The Balaban J connectivity index is 2.06. The molecule has 0 radical (unpaired) electrons. The lowest BCUT2D eigenvalue weighted by Gasteiger charge is -2.15. The summed E-state index contributed by atoms with van der Waals surface area (Å²) in [6, 6.07) is 0.0886. The summed E-state index contributed by atoms with van der Waals surface area (Å²) in [5.41, 5.74) is 9.20. The molecular formula is C10H13N5. The fourth-order valence-electron chi connectivity index (χ4n) is 2.07. The Morgan fingerprint density at radius 1 is 1.47 bits per heavy atom. The molecule has 0 saturated carbocycles. The molecule has 78 valence electrons. The van der Waals surface area contributed by atoms with Crippen molar-refractivity contribution in [3.8, 4) is 11.4 Å². The molecule has 1 aliphatic carbocycles. The summed E-state index contributed by atoms with van der Waals surface area (Å²) < 4.78 is 0. The molecule has 2 heterocycles. The van der Waals surface area contributed by atoms with Crippen LogP contribution in [0.15, 0.2) is 12.4 Å². The third-order valence-corrected chi connectivity index (χ3v) is 2.88. The summed E-state index contributed by atoms with van der Waals surface area (Å²) >= 11 is 0. The molecule has 0 saturated heterocycles. The van der Waals surface area contributed by atoms with Gasteiger partial charge in [0.25, 0.3) is 0 Å². The van der Waals surface area contributed by atoms with Gasteiger partial charge < -0.3 is 10.7 Å². The zero-order valence-corrected chi connectivity index (χ0v) is 8.33. The molecule has 3 rings (SSSR count). The summed E-state index contributed by atoms with van der Waals surface area (Å²) in [4.78, 5) is 7.85. The second-order valence-corrected chi connectivity index (χ2v) is 3.93. The highest BCUT2D eigenvalue weighted by Crippen LogP contribution is 2.28. The number of hydrogen-bond donors (Lipinski definition) is 3. The van der Waals surface area contributed by atoms with Gasteiger partial charge in [0.2, 0.25) is 0 Å². The van der Waals surface area contributed by atoms with Gasteiger partial charge in [-0.3, -0.25) is 5.10 Å². The second-order valence-electron chi connectivity index (χ2n) is 3.93. The predicted molar refractivity (Wildman–Crippen MR) is 56.0 cm³/mol. The van der Waals surface area contributed by atoms with Gasteiger partial charge in [-0.05, 0) is 19.3 Å². The Hall–Kier alpha value is -1.62. The van der Waals surface area contributed by atoms with E-state index in [1.807, 2.05) is 6.20 Å². The van der Waals surface area contributed by atoms with Gasteiger partial charge in [0.1, 0.15) is 5.82 Å². The molecule has 1 unspecified atom stereocenters. The van der Waals surface area contributed by atoms with Crippen molar-refractivity contribution in [3.63, 3.8) is 0 Å². The van der Waals surface area contributed by atoms with Crippen LogP contribution in [0.5, 0.6) is 0 Å². The zero-order valence-electron chi connectivity index (χ0n) is 8.33. The molecule has 15 heavy (non-hydrogen) atoms. The van der Waals surface area contributed by atoms with E-state index in [0.717, 1.165) is 36.3 Å². The van der Waals surface area contributed by atoms with E-state index < -0.39 is 0 Å². The van der Waals surface area contributed by atoms with Gasteiger partial charge in [0.05, 0.1) is 17.5 Å². The van der Waals surface area contributed by atoms with Gasteiger partial charge in [-0.25, -0.2) is 4.98 Å². The Labute approximate surface area is 87.1 Å². The highest BCUT2D eigenvalue weighted by atomic mass is 15.1. The third-order valence-electron chi connectivity index (χ3n) is 2.88. The largest absolute Gasteiger partial charge is 0.341 e. The van der Waals surface area contributed by atoms with Crippen LogP contribution in [-0.2, 0) is 6.42 Å². The van der Waals surface area contributed by atoms with Crippen LogP contribution in [0.2, 0.25) is 0 Å². The van der Waals surface area contributed by atoms with Gasteiger partial charge in [0, 0.05) is 17.9 Å². The van der Waals surface area contributed by atoms with Crippen molar-refractivity contribution in [2.45, 2.75) is 25.3 Å². The summed E-state index contributed by atoms with van der Waals surface area (Å²) in [5, 5.41) is 6.69. The molecule has 1 atom stereocenters. The van der Waals surface area contributed by atoms with Crippen LogP contribution < -0.4 is 5.73 Å². The number of fused-ring (bicyclic) bond motifs is 1. The van der Waals surface area contributed by atoms with Gasteiger partial charge in [-0.1, -0.05) is 0 Å². The van der Waals surface area contributed by atoms with Gasteiger partial charge >= 0.3 is 0 Å². The number of hydrogen-bond acceptors (Lipinski definition) is 3. The smallest absolute Gasteiger partial charge is 0.141 e. The van der Waals surface area contributed by atoms with Gasteiger partial charge in [0.15, 0.2) is 0 Å². The van der Waals surface area contributed by atoms with Crippen molar-refractivity contribution in [3.05, 3.63) is 23.8 Å². The maximum absolute atomic E-state index is 6.01. The fraction of sp³-hybridized carbons (Fsp3) is 0.400. The van der Waals surface area contributed by atoms with Crippen LogP contribution in [0.4, 0.5) is 0 Å². The molecule has 0 fully saturated rings. The summed E-state index contributed by atoms with van der Waals surface area (Å²) in [6.45, 7) is 0. The Morgan fingerprint density at radius 3 is 3.13 bits per heavy atom. The first kappa shape index (κ1) is 8.67. The van der Waals surface area contributed by atoms with E-state index in [9.17, 15) is 0 Å². The van der Waals surface area contributed by atoms with Crippen LogP contribution in [0.25, 0.3) is 11.4 Å². The van der Waals surface area contributed by atoms with Crippen molar-refractivity contribution >= 4 is 0 Å². The van der Waals surface area contributed by atoms with Gasteiger partial charge in [-0.2, -0.15) is 5.10 Å². The number of nitrogens with two attached hydrogens (primary N) is 1. The van der Waals surface area contributed by atoms with Crippen LogP contribution in [0, 0.1) is 0 Å². The van der Waals surface area contributed by atoms with E-state index in [4.69, 9.17) is 5.73 Å². The van der Waals surface area contributed by atoms with Crippen molar-refractivity contribution < 1.29 is 0 Å². The number of nitrogens with zero attached hydrogens (tertiary/aromatic N) is 2. The summed E-state index contributed by atoms with van der Waals surface area (Å²) in [5.74, 6) is 0.867. The average Bonchev–Trinajstić information content (AvgIpc) is 2.86. The molecule has 0 bridgehead atoms. The van der Waals surface area contributed by atoms with E-state index in [0.29, 0.717) is 0 Å². The standard InChI is InChI=1S/C10H13N5/c11-7-2-1-3-8-9(7)15-10(14-8)6-4-12-13-5-6/h4-5,7H,1-3,11H2,(H,12,13)(H,14,15). The first-order valence-corrected chi connectivity index (χ1v) is 5.18. The lowest BCUT2D eigenvalue weighted by Crippen LogP contribution is -2.17. The molecule has 0 spiro atoms. The van der Waals surface area contributed by atoms with Crippen molar-refractivity contribution in [1.82, 2.24) is 20.2 Å². The zero-order chi connectivity index (χ0) is 10.3. The van der Waals surface area contributed by atoms with E-state index in [-0.39, 0.29) is 6.04 Å². The molecule has 2 aromatic rings. The quantitative estimate of drug-likeness (QED) is 0.649. The number of aryl methyl sites for hydroxylation is 1. The fourth-order valence-corrected chi connectivity index (χ4v) is 2.07. The molecule has 1 aliphatic rings. The van der Waals surface area contributed by atoms with Crippen molar-refractivity contribution in [2.75, 3.05) is 0 Å². The summed E-state index contributed by atoms with van der Waals surface area (Å²) in [6.07, 6.45) is 6.81. The molecule has 2 aromatic heterocycles. The Morgan fingerprint density at radius 2 is 2.40 bits per heavy atom. The number of aromatic amines is 2. The lowest BCUT2D eigenvalue weighted by atomic mass is 9.97. The van der Waals surface area contributed by atoms with Crippen molar-refractivity contribution in [1.29, 1.82) is 0 Å². The SMILES string of the molecule is NC1CCCc2[nH]c(-c3cn[nH]c3)nc21. The first-order valence-electron chi connectivity index (χ1n) is 5.18. The van der Waals surface area contributed by atoms with E-state index >= 15 is 0 Å². The highest BCUT2D eigenvalue weighted by molar-refractivity contribution is 5.53. The number of H-pyrrole nitrogens is 2. The number of aromatic nitrogens is 4. The van der Waals surface area contributed by atoms with E-state index in [2.05, 4.69) is 20.2 Å². The molecular weight excluding hydrogens is 190 g/mol. The van der Waals surface area contributed by atoms with Crippen LogP contribution in [0.1, 0.15) is 30.3 Å². The summed E-state index contributed by atoms with van der Waals surface area (Å²) in [7, 11) is 0. The Bertz CT molecular complexity index is 456. The number of imidazole rings is 1. The second kappa shape index (κ2) is 3.20. The van der Waals surface area contributed by atoms with Crippen LogP contribution >= 0.6 is 0 Å². The number of nitrogens with one attached hydrogen (secondary N) is 2. The van der Waals surface area contributed by atoms with Crippen LogP contribution in [0.3, 0.4) is 0 Å². The molecule has 0 aromatic carbocycles. The monoisotopic (exact) mass is 203 g/mol. The molecule has 0 aliphatic heterocycles. The predicted octanol–water partition coefficient (Wildman–Crippen LogP) is 1.14. The highest BCUT2D eigenvalue weighted by Gasteiger charge is 2.21. The normalized spacial score (nSPS) is 20.2. The Kier molecular flexibility index (Phi) is 1.85. The van der Waals surface area contributed by atoms with Crippen molar-refractivity contribution in [2.24, 2.45) is 5.73 Å². The number of rotatable bonds is 1. The molecule has 4 N–H and O–H groups in total. The minimum Gasteiger partial charge on any atom is -0.341 e. The minimum absolute atomic E-state index is 0.0886. The minimum atomic E-state index is 0.0886. The lowest BCUT2D eigenvalue weighted by molar-refractivity contribution is 0.555. The van der Waals surface area contributed by atoms with E-state index in [1.165, 1.54) is 5.69 Å².